The number of aromatic nitrogens is 2. The highest BCUT2D eigenvalue weighted by Gasteiger charge is 2.12. The minimum absolute atomic E-state index is 0.0918. The SMILES string of the molecule is O=c1[nH]cnc(Nc2cc(F)c(F)c(F)c2)c1Cl. The lowest BCUT2D eigenvalue weighted by Crippen LogP contribution is -2.10. The molecule has 2 aromatic rings. The van der Waals surface area contributed by atoms with Gasteiger partial charge < -0.3 is 10.3 Å². The van der Waals surface area contributed by atoms with Gasteiger partial charge in [-0.05, 0) is 0 Å². The van der Waals surface area contributed by atoms with Crippen LogP contribution in [-0.4, -0.2) is 9.97 Å². The maximum Gasteiger partial charge on any atom is 0.271 e. The standard InChI is InChI=1S/C10H5ClF3N3O/c11-7-9(15-3-16-10(7)18)17-4-1-5(12)8(14)6(13)2-4/h1-3H,(H2,15,16,17,18). The van der Waals surface area contributed by atoms with Gasteiger partial charge in [0, 0.05) is 17.8 Å². The van der Waals surface area contributed by atoms with E-state index in [1.807, 2.05) is 0 Å². The van der Waals surface area contributed by atoms with Crippen molar-refractivity contribution in [3.05, 3.63) is 51.3 Å². The van der Waals surface area contributed by atoms with Crippen molar-refractivity contribution in [2.45, 2.75) is 0 Å². The predicted octanol–water partition coefficient (Wildman–Crippen LogP) is 2.58. The zero-order valence-electron chi connectivity index (χ0n) is 8.60. The minimum atomic E-state index is -1.58. The van der Waals surface area contributed by atoms with Gasteiger partial charge >= 0.3 is 0 Å². The number of rotatable bonds is 2. The molecule has 8 heteroatoms. The van der Waals surface area contributed by atoms with Gasteiger partial charge in [-0.15, -0.1) is 0 Å². The van der Waals surface area contributed by atoms with Crippen LogP contribution >= 0.6 is 11.6 Å². The summed E-state index contributed by atoms with van der Waals surface area (Å²) in [6.07, 6.45) is 1.06. The van der Waals surface area contributed by atoms with Gasteiger partial charge in [-0.25, -0.2) is 18.2 Å². The van der Waals surface area contributed by atoms with Crippen LogP contribution in [0.5, 0.6) is 0 Å². The molecule has 94 valence electrons. The number of H-pyrrole nitrogens is 1. The quantitative estimate of drug-likeness (QED) is 0.828. The molecule has 0 aliphatic rings. The predicted molar refractivity (Wildman–Crippen MR) is 59.5 cm³/mol. The van der Waals surface area contributed by atoms with Gasteiger partial charge in [-0.2, -0.15) is 0 Å². The van der Waals surface area contributed by atoms with Crippen LogP contribution in [0.1, 0.15) is 0 Å². The lowest BCUT2D eigenvalue weighted by molar-refractivity contribution is 0.448. The van der Waals surface area contributed by atoms with Crippen molar-refractivity contribution in [1.29, 1.82) is 0 Å². The summed E-state index contributed by atoms with van der Waals surface area (Å²) in [7, 11) is 0. The Morgan fingerprint density at radius 3 is 2.44 bits per heavy atom. The molecule has 0 aliphatic carbocycles. The van der Waals surface area contributed by atoms with Gasteiger partial charge in [0.15, 0.2) is 23.3 Å². The molecule has 0 saturated carbocycles. The van der Waals surface area contributed by atoms with Gasteiger partial charge in [0.2, 0.25) is 0 Å². The van der Waals surface area contributed by atoms with E-state index < -0.39 is 23.0 Å². The van der Waals surface area contributed by atoms with Crippen LogP contribution in [-0.2, 0) is 0 Å². The van der Waals surface area contributed by atoms with E-state index >= 15 is 0 Å². The van der Waals surface area contributed by atoms with Gasteiger partial charge in [0.25, 0.3) is 5.56 Å². The highest BCUT2D eigenvalue weighted by molar-refractivity contribution is 6.32. The molecule has 0 unspecified atom stereocenters. The number of benzene rings is 1. The summed E-state index contributed by atoms with van der Waals surface area (Å²) < 4.78 is 38.6. The van der Waals surface area contributed by atoms with E-state index in [9.17, 15) is 18.0 Å². The fourth-order valence-electron chi connectivity index (χ4n) is 1.23. The molecule has 0 radical (unpaired) electrons. The monoisotopic (exact) mass is 275 g/mol. The summed E-state index contributed by atoms with van der Waals surface area (Å²) in [5.41, 5.74) is -0.733. The van der Waals surface area contributed by atoms with Gasteiger partial charge in [0.05, 0.1) is 6.33 Å². The third-order valence-corrected chi connectivity index (χ3v) is 2.39. The molecule has 0 fully saturated rings. The molecule has 0 saturated heterocycles. The van der Waals surface area contributed by atoms with Crippen LogP contribution in [0.2, 0.25) is 5.02 Å². The van der Waals surface area contributed by atoms with Crippen LogP contribution in [0.4, 0.5) is 24.7 Å². The Labute approximate surface area is 103 Å². The molecule has 0 bridgehead atoms. The van der Waals surface area contributed by atoms with Crippen molar-refractivity contribution in [1.82, 2.24) is 9.97 Å². The van der Waals surface area contributed by atoms with Crippen molar-refractivity contribution in [2.75, 3.05) is 5.32 Å². The van der Waals surface area contributed by atoms with E-state index in [4.69, 9.17) is 11.6 Å². The normalized spacial score (nSPS) is 10.4. The zero-order valence-corrected chi connectivity index (χ0v) is 9.36. The van der Waals surface area contributed by atoms with Crippen molar-refractivity contribution in [3.63, 3.8) is 0 Å². The fraction of sp³-hybridized carbons (Fsp3) is 0. The Morgan fingerprint density at radius 1 is 1.22 bits per heavy atom. The van der Waals surface area contributed by atoms with E-state index in [0.717, 1.165) is 18.5 Å². The molecule has 1 aromatic carbocycles. The smallest absolute Gasteiger partial charge is 0.271 e. The Morgan fingerprint density at radius 2 is 1.83 bits per heavy atom. The highest BCUT2D eigenvalue weighted by Crippen LogP contribution is 2.22. The van der Waals surface area contributed by atoms with Crippen molar-refractivity contribution >= 4 is 23.1 Å². The van der Waals surface area contributed by atoms with E-state index in [2.05, 4.69) is 15.3 Å². The third-order valence-electron chi connectivity index (χ3n) is 2.04. The van der Waals surface area contributed by atoms with E-state index in [0.29, 0.717) is 0 Å². The average molecular weight is 276 g/mol. The first-order chi connectivity index (χ1) is 8.49. The number of hydrogen-bond donors (Lipinski definition) is 2. The largest absolute Gasteiger partial charge is 0.339 e. The minimum Gasteiger partial charge on any atom is -0.339 e. The second-order valence-corrected chi connectivity index (χ2v) is 3.65. The zero-order chi connectivity index (χ0) is 13.3. The summed E-state index contributed by atoms with van der Waals surface area (Å²) in [6.45, 7) is 0. The maximum absolute atomic E-state index is 12.9. The number of halogens is 4. The highest BCUT2D eigenvalue weighted by atomic mass is 35.5. The van der Waals surface area contributed by atoms with Crippen LogP contribution in [0.25, 0.3) is 0 Å². The van der Waals surface area contributed by atoms with Crippen molar-refractivity contribution < 1.29 is 13.2 Å². The molecule has 18 heavy (non-hydrogen) atoms. The summed E-state index contributed by atoms with van der Waals surface area (Å²) >= 11 is 5.62. The van der Waals surface area contributed by atoms with E-state index in [1.54, 1.807) is 0 Å². The lowest BCUT2D eigenvalue weighted by Gasteiger charge is -2.07. The molecule has 1 aromatic heterocycles. The Kier molecular flexibility index (Phi) is 3.24. The van der Waals surface area contributed by atoms with E-state index in [1.165, 1.54) is 0 Å². The Hall–Kier alpha value is -2.02. The van der Waals surface area contributed by atoms with Crippen LogP contribution in [0.15, 0.2) is 23.3 Å². The number of anilines is 2. The third kappa shape index (κ3) is 2.30. The summed E-state index contributed by atoms with van der Waals surface area (Å²) in [5.74, 6) is -4.40. The van der Waals surface area contributed by atoms with E-state index in [-0.39, 0.29) is 16.5 Å². The van der Waals surface area contributed by atoms with Gasteiger partial charge in [0.1, 0.15) is 5.02 Å². The topological polar surface area (TPSA) is 57.8 Å². The molecular weight excluding hydrogens is 271 g/mol. The molecule has 1 heterocycles. The molecule has 2 N–H and O–H groups in total. The van der Waals surface area contributed by atoms with Gasteiger partial charge in [-0.1, -0.05) is 11.6 Å². The number of nitrogens with zero attached hydrogens (tertiary/aromatic N) is 1. The van der Waals surface area contributed by atoms with Crippen LogP contribution < -0.4 is 10.9 Å². The van der Waals surface area contributed by atoms with Crippen molar-refractivity contribution in [2.24, 2.45) is 0 Å². The second kappa shape index (κ2) is 4.69. The Bertz CT molecular complexity index is 636. The molecule has 4 nitrogen and oxygen atoms in total. The summed E-state index contributed by atoms with van der Waals surface area (Å²) in [5, 5.41) is 2.14. The first-order valence-corrected chi connectivity index (χ1v) is 5.01. The van der Waals surface area contributed by atoms with Gasteiger partial charge in [-0.3, -0.25) is 4.79 Å². The molecule has 0 atom stereocenters. The van der Waals surface area contributed by atoms with Crippen LogP contribution in [0, 0.1) is 17.5 Å². The molecule has 0 spiro atoms. The first-order valence-electron chi connectivity index (χ1n) is 4.64. The summed E-state index contributed by atoms with van der Waals surface area (Å²) in [6, 6.07) is 1.44. The first kappa shape index (κ1) is 12.4. The molecular formula is C10H5ClF3N3O. The lowest BCUT2D eigenvalue weighted by atomic mass is 10.3. The fourth-order valence-corrected chi connectivity index (χ4v) is 1.39. The molecule has 0 aliphatic heterocycles. The van der Waals surface area contributed by atoms with Crippen LogP contribution in [0.3, 0.4) is 0 Å². The maximum atomic E-state index is 12.9. The van der Waals surface area contributed by atoms with Crippen molar-refractivity contribution in [3.8, 4) is 0 Å². The molecule has 2 rings (SSSR count). The average Bonchev–Trinajstić information content (AvgIpc) is 2.32. The molecule has 0 amide bonds. The number of hydrogen-bond acceptors (Lipinski definition) is 3. The summed E-state index contributed by atoms with van der Waals surface area (Å²) in [4.78, 5) is 17.0. The number of nitrogens with one attached hydrogen (secondary N) is 2. The Balaban J connectivity index is 2.40. The second-order valence-electron chi connectivity index (χ2n) is 3.27. The number of aromatic amines is 1.